The molecule has 9 nitrogen and oxygen atoms in total. The molecule has 0 aliphatic rings. The van der Waals surface area contributed by atoms with Crippen molar-refractivity contribution in [2.75, 3.05) is 0 Å². The SMILES string of the molecule is CCCCCCCCCCCCCC(=O)OC(C)=O.CCCCCCCCCCCCCC(=O)OC(C)=O.CCCCCCCCCCCCCC(=O)OC(C)=O.[Al]. The highest BCUT2D eigenvalue weighted by Gasteiger charge is 2.07. The Labute approximate surface area is 367 Å². The summed E-state index contributed by atoms with van der Waals surface area (Å²) < 4.78 is 13.4. The summed E-state index contributed by atoms with van der Waals surface area (Å²) in [4.78, 5) is 64.7. The lowest BCUT2D eigenvalue weighted by Gasteiger charge is -2.02. The third-order valence-electron chi connectivity index (χ3n) is 9.73. The summed E-state index contributed by atoms with van der Waals surface area (Å²) in [5.41, 5.74) is 0. The van der Waals surface area contributed by atoms with Crippen LogP contribution in [-0.4, -0.2) is 53.2 Å². The summed E-state index contributed by atoms with van der Waals surface area (Å²) in [6.07, 6.45) is 42.5. The predicted octanol–water partition coefficient (Wildman–Crippen LogP) is 14.0. The minimum absolute atomic E-state index is 0. The molecule has 0 rings (SSSR count). The van der Waals surface area contributed by atoms with Gasteiger partial charge in [-0.05, 0) is 19.3 Å². The number of ether oxygens (including phenoxy) is 3. The minimum Gasteiger partial charge on any atom is -0.393 e. The molecular weight excluding hydrogens is 748 g/mol. The lowest BCUT2D eigenvalue weighted by Crippen LogP contribution is -2.08. The zero-order valence-electron chi connectivity index (χ0n) is 38.7. The van der Waals surface area contributed by atoms with Crippen molar-refractivity contribution in [3.05, 3.63) is 0 Å². The fraction of sp³-hybridized carbons (Fsp3) is 0.875. The van der Waals surface area contributed by atoms with Gasteiger partial charge < -0.3 is 14.2 Å². The van der Waals surface area contributed by atoms with Crippen LogP contribution in [0.1, 0.15) is 273 Å². The summed E-state index contributed by atoms with van der Waals surface area (Å²) >= 11 is 0. The van der Waals surface area contributed by atoms with Gasteiger partial charge in [-0.25, -0.2) is 0 Å². The zero-order chi connectivity index (χ0) is 43.0. The molecule has 0 spiro atoms. The number of carbonyl (C=O) groups is 6. The molecule has 0 unspecified atom stereocenters. The molecule has 0 aromatic carbocycles. The van der Waals surface area contributed by atoms with E-state index in [9.17, 15) is 28.8 Å². The molecule has 0 saturated carbocycles. The average Bonchev–Trinajstić information content (AvgIpc) is 3.14. The van der Waals surface area contributed by atoms with Crippen LogP contribution in [0, 0.1) is 0 Å². The molecule has 0 heterocycles. The van der Waals surface area contributed by atoms with Gasteiger partial charge in [0.25, 0.3) is 0 Å². The van der Waals surface area contributed by atoms with Crippen LogP contribution in [0.5, 0.6) is 0 Å². The summed E-state index contributed by atoms with van der Waals surface area (Å²) in [5.74, 6) is -2.68. The monoisotopic (exact) mass is 838 g/mol. The largest absolute Gasteiger partial charge is 0.393 e. The summed E-state index contributed by atoms with van der Waals surface area (Å²) in [6, 6.07) is 0. The van der Waals surface area contributed by atoms with E-state index in [0.29, 0.717) is 19.3 Å². The number of carbonyl (C=O) groups excluding carboxylic acids is 6. The molecule has 10 heteroatoms. The highest BCUT2D eigenvalue weighted by Crippen LogP contribution is 2.14. The van der Waals surface area contributed by atoms with E-state index in [1.54, 1.807) is 0 Å². The summed E-state index contributed by atoms with van der Waals surface area (Å²) in [5, 5.41) is 0. The van der Waals surface area contributed by atoms with Crippen molar-refractivity contribution < 1.29 is 43.0 Å². The fourth-order valence-electron chi connectivity index (χ4n) is 6.43. The summed E-state index contributed by atoms with van der Waals surface area (Å²) in [7, 11) is 0. The second-order valence-electron chi connectivity index (χ2n) is 15.8. The number of esters is 6. The summed E-state index contributed by atoms with van der Waals surface area (Å²) in [6.45, 7) is 10.5. The second kappa shape index (κ2) is 53.0. The third-order valence-corrected chi connectivity index (χ3v) is 9.73. The molecule has 0 bridgehead atoms. The van der Waals surface area contributed by atoms with Crippen LogP contribution in [0.15, 0.2) is 0 Å². The minimum atomic E-state index is -0.506. The van der Waals surface area contributed by atoms with Gasteiger partial charge >= 0.3 is 35.8 Å². The molecule has 0 N–H and O–H groups in total. The Morgan fingerprint density at radius 2 is 0.397 bits per heavy atom. The number of hydrogen-bond donors (Lipinski definition) is 0. The normalized spacial score (nSPS) is 10.2. The van der Waals surface area contributed by atoms with E-state index < -0.39 is 17.9 Å². The maximum absolute atomic E-state index is 11.1. The Morgan fingerprint density at radius 1 is 0.259 bits per heavy atom. The van der Waals surface area contributed by atoms with Crippen molar-refractivity contribution in [2.45, 2.75) is 273 Å². The fourth-order valence-corrected chi connectivity index (χ4v) is 6.43. The van der Waals surface area contributed by atoms with Gasteiger partial charge in [0.15, 0.2) is 0 Å². The Balaban J connectivity index is -0.000000374. The average molecular weight is 838 g/mol. The molecule has 3 radical (unpaired) electrons. The molecule has 0 aromatic rings. The zero-order valence-corrected chi connectivity index (χ0v) is 39.9. The predicted molar refractivity (Wildman–Crippen MR) is 239 cm³/mol. The Hall–Kier alpha value is -2.05. The highest BCUT2D eigenvalue weighted by atomic mass is 27.0. The van der Waals surface area contributed by atoms with Gasteiger partial charge in [-0.2, -0.15) is 0 Å². The van der Waals surface area contributed by atoms with Crippen LogP contribution in [0.3, 0.4) is 0 Å². The highest BCUT2D eigenvalue weighted by molar-refractivity contribution is 5.84. The van der Waals surface area contributed by atoms with Crippen LogP contribution in [0.25, 0.3) is 0 Å². The van der Waals surface area contributed by atoms with Crippen molar-refractivity contribution in [3.8, 4) is 0 Å². The van der Waals surface area contributed by atoms with Crippen molar-refractivity contribution in [1.82, 2.24) is 0 Å². The third kappa shape index (κ3) is 63.1. The molecule has 0 aliphatic carbocycles. The van der Waals surface area contributed by atoms with Gasteiger partial charge in [-0.3, -0.25) is 28.8 Å². The van der Waals surface area contributed by atoms with Gasteiger partial charge in [-0.15, -0.1) is 0 Å². The Morgan fingerprint density at radius 3 is 0.534 bits per heavy atom. The van der Waals surface area contributed by atoms with Gasteiger partial charge in [0.1, 0.15) is 0 Å². The molecule has 0 atom stereocenters. The lowest BCUT2D eigenvalue weighted by atomic mass is 10.1. The molecule has 0 amide bonds. The number of unbranched alkanes of at least 4 members (excludes halogenated alkanes) is 30. The van der Waals surface area contributed by atoms with Crippen LogP contribution >= 0.6 is 0 Å². The Bertz CT molecular complexity index is 835. The standard InChI is InChI=1S/3C16H30O3.Al/c3*1-3-4-5-6-7-8-9-10-11-12-13-14-16(18)19-15(2)17;/h3*3-14H2,1-2H3;. The first-order valence-corrected chi connectivity index (χ1v) is 23.6. The van der Waals surface area contributed by atoms with E-state index in [4.69, 9.17) is 0 Å². The van der Waals surface area contributed by atoms with Gasteiger partial charge in [0, 0.05) is 57.4 Å². The van der Waals surface area contributed by atoms with Crippen molar-refractivity contribution in [2.24, 2.45) is 0 Å². The van der Waals surface area contributed by atoms with Crippen molar-refractivity contribution in [3.63, 3.8) is 0 Å². The van der Waals surface area contributed by atoms with E-state index >= 15 is 0 Å². The number of rotatable bonds is 36. The van der Waals surface area contributed by atoms with Gasteiger partial charge in [0.2, 0.25) is 0 Å². The van der Waals surface area contributed by atoms with Gasteiger partial charge in [0.05, 0.1) is 0 Å². The first-order chi connectivity index (χ1) is 27.5. The first-order valence-electron chi connectivity index (χ1n) is 23.6. The molecule has 0 saturated heterocycles. The van der Waals surface area contributed by atoms with Crippen LogP contribution in [0.2, 0.25) is 0 Å². The van der Waals surface area contributed by atoms with Crippen LogP contribution < -0.4 is 0 Å². The van der Waals surface area contributed by atoms with E-state index in [2.05, 4.69) is 35.0 Å². The Kier molecular flexibility index (Phi) is 57.2. The van der Waals surface area contributed by atoms with Crippen LogP contribution in [0.4, 0.5) is 0 Å². The smallest absolute Gasteiger partial charge is 0.313 e. The maximum Gasteiger partial charge on any atom is 0.313 e. The van der Waals surface area contributed by atoms with E-state index in [-0.39, 0.29) is 35.3 Å². The van der Waals surface area contributed by atoms with E-state index in [1.165, 1.54) is 194 Å². The molecule has 339 valence electrons. The maximum atomic E-state index is 11.1. The van der Waals surface area contributed by atoms with Gasteiger partial charge in [-0.1, -0.05) is 213 Å². The first kappa shape index (κ1) is 62.6. The molecular formula is C48H90AlO9. The lowest BCUT2D eigenvalue weighted by molar-refractivity contribution is -0.159. The van der Waals surface area contributed by atoms with E-state index in [0.717, 1.165) is 38.5 Å². The van der Waals surface area contributed by atoms with Crippen molar-refractivity contribution >= 4 is 53.2 Å². The topological polar surface area (TPSA) is 130 Å². The second-order valence-corrected chi connectivity index (χ2v) is 15.8. The number of hydrogen-bond acceptors (Lipinski definition) is 9. The molecule has 0 fully saturated rings. The van der Waals surface area contributed by atoms with Crippen LogP contribution in [-0.2, 0) is 43.0 Å². The van der Waals surface area contributed by atoms with E-state index in [1.807, 2.05) is 0 Å². The van der Waals surface area contributed by atoms with Crippen molar-refractivity contribution in [1.29, 1.82) is 0 Å². The molecule has 0 aliphatic heterocycles. The molecule has 0 aromatic heterocycles. The quantitative estimate of drug-likeness (QED) is 0.0199. The molecule has 58 heavy (non-hydrogen) atoms.